The number of anilines is 1. The Hall–Kier alpha value is -2.29. The van der Waals surface area contributed by atoms with Crippen LogP contribution in [0.3, 0.4) is 0 Å². The Morgan fingerprint density at radius 1 is 1.16 bits per heavy atom. The van der Waals surface area contributed by atoms with Crippen LogP contribution in [0.2, 0.25) is 0 Å². The second kappa shape index (κ2) is 4.76. The second-order valence-electron chi connectivity index (χ2n) is 4.73. The molecule has 0 atom stereocenters. The molecule has 1 aliphatic heterocycles. The summed E-state index contributed by atoms with van der Waals surface area (Å²) in [6, 6.07) is 11.6. The molecule has 0 unspecified atom stereocenters. The molecule has 0 saturated heterocycles. The monoisotopic (exact) mass is 253 g/mol. The highest BCUT2D eigenvalue weighted by Crippen LogP contribution is 2.26. The molecule has 3 nitrogen and oxygen atoms in total. The van der Waals surface area contributed by atoms with Crippen molar-refractivity contribution in [3.8, 4) is 0 Å². The van der Waals surface area contributed by atoms with Crippen molar-refractivity contribution in [3.63, 3.8) is 0 Å². The van der Waals surface area contributed by atoms with Crippen LogP contribution in [0.25, 0.3) is 10.8 Å². The second-order valence-corrected chi connectivity index (χ2v) is 4.73. The standard InChI is InChI=1S/C16H15NO2/c17-15-9-12-5-2-1-4-11(12)8-14(15)16(18)13-6-3-7-19-10-13/h1-2,4-5,8-10H,3,6-7,17H2. The predicted octanol–water partition coefficient (Wildman–Crippen LogP) is 3.30. The molecule has 1 heterocycles. The van der Waals surface area contributed by atoms with E-state index >= 15 is 0 Å². The summed E-state index contributed by atoms with van der Waals surface area (Å²) in [5.74, 6) is -0.0250. The van der Waals surface area contributed by atoms with Gasteiger partial charge in [-0.25, -0.2) is 0 Å². The van der Waals surface area contributed by atoms with E-state index in [4.69, 9.17) is 10.5 Å². The molecular formula is C16H15NO2. The highest BCUT2D eigenvalue weighted by atomic mass is 16.5. The fourth-order valence-corrected chi connectivity index (χ4v) is 2.36. The molecule has 2 N–H and O–H groups in total. The molecule has 0 spiro atoms. The van der Waals surface area contributed by atoms with Gasteiger partial charge in [0.05, 0.1) is 12.9 Å². The Morgan fingerprint density at radius 3 is 2.58 bits per heavy atom. The molecule has 0 bridgehead atoms. The van der Waals surface area contributed by atoms with Crippen molar-refractivity contribution in [3.05, 3.63) is 53.8 Å². The molecule has 0 aliphatic carbocycles. The van der Waals surface area contributed by atoms with E-state index in [9.17, 15) is 4.79 Å². The number of carbonyl (C=O) groups excluding carboxylic acids is 1. The lowest BCUT2D eigenvalue weighted by molar-refractivity contribution is 0.101. The van der Waals surface area contributed by atoms with Gasteiger partial charge < -0.3 is 10.5 Å². The zero-order chi connectivity index (χ0) is 13.2. The highest BCUT2D eigenvalue weighted by molar-refractivity contribution is 6.13. The minimum absolute atomic E-state index is 0.0250. The van der Waals surface area contributed by atoms with Crippen LogP contribution in [0.4, 0.5) is 5.69 Å². The van der Waals surface area contributed by atoms with Crippen molar-refractivity contribution in [2.24, 2.45) is 0 Å². The molecule has 0 saturated carbocycles. The van der Waals surface area contributed by atoms with Crippen LogP contribution >= 0.6 is 0 Å². The zero-order valence-electron chi connectivity index (χ0n) is 10.6. The van der Waals surface area contributed by atoms with E-state index in [1.54, 1.807) is 6.26 Å². The average molecular weight is 253 g/mol. The van der Waals surface area contributed by atoms with Gasteiger partial charge in [0, 0.05) is 16.8 Å². The van der Waals surface area contributed by atoms with Crippen molar-refractivity contribution in [2.75, 3.05) is 12.3 Å². The number of hydrogen-bond donors (Lipinski definition) is 1. The minimum atomic E-state index is -0.0250. The van der Waals surface area contributed by atoms with Crippen LogP contribution in [0.15, 0.2) is 48.2 Å². The summed E-state index contributed by atoms with van der Waals surface area (Å²) < 4.78 is 5.23. The van der Waals surface area contributed by atoms with Gasteiger partial charge in [0.2, 0.25) is 0 Å². The van der Waals surface area contributed by atoms with Gasteiger partial charge >= 0.3 is 0 Å². The van der Waals surface area contributed by atoms with Gasteiger partial charge in [-0.3, -0.25) is 4.79 Å². The lowest BCUT2D eigenvalue weighted by atomic mass is 9.96. The molecule has 1 aliphatic rings. The van der Waals surface area contributed by atoms with Gasteiger partial charge in [-0.2, -0.15) is 0 Å². The van der Waals surface area contributed by atoms with E-state index in [-0.39, 0.29) is 5.78 Å². The van der Waals surface area contributed by atoms with Gasteiger partial charge in [-0.05, 0) is 35.7 Å². The number of hydrogen-bond acceptors (Lipinski definition) is 3. The fraction of sp³-hybridized carbons (Fsp3) is 0.188. The van der Waals surface area contributed by atoms with Crippen LogP contribution in [0, 0.1) is 0 Å². The Morgan fingerprint density at radius 2 is 1.89 bits per heavy atom. The summed E-state index contributed by atoms with van der Waals surface area (Å²) in [7, 11) is 0. The molecule has 2 aromatic carbocycles. The van der Waals surface area contributed by atoms with E-state index < -0.39 is 0 Å². The molecular weight excluding hydrogens is 238 g/mol. The molecule has 0 fully saturated rings. The maximum atomic E-state index is 12.4. The van der Waals surface area contributed by atoms with Gasteiger partial charge in [0.25, 0.3) is 0 Å². The van der Waals surface area contributed by atoms with Gasteiger partial charge in [-0.1, -0.05) is 24.3 Å². The quantitative estimate of drug-likeness (QED) is 0.660. The van der Waals surface area contributed by atoms with Crippen LogP contribution in [0.5, 0.6) is 0 Å². The molecule has 96 valence electrons. The molecule has 3 heteroatoms. The van der Waals surface area contributed by atoms with Gasteiger partial charge in [0.1, 0.15) is 0 Å². The van der Waals surface area contributed by atoms with E-state index in [2.05, 4.69) is 0 Å². The number of ketones is 1. The van der Waals surface area contributed by atoms with E-state index in [0.29, 0.717) is 23.4 Å². The molecule has 0 amide bonds. The SMILES string of the molecule is Nc1cc2ccccc2cc1C(=O)C1=COCCC1. The number of allylic oxidation sites excluding steroid dienone is 1. The van der Waals surface area contributed by atoms with Crippen LogP contribution < -0.4 is 5.73 Å². The number of ether oxygens (including phenoxy) is 1. The van der Waals surface area contributed by atoms with Crippen LogP contribution in [-0.2, 0) is 4.74 Å². The van der Waals surface area contributed by atoms with Crippen molar-refractivity contribution >= 4 is 22.2 Å². The average Bonchev–Trinajstić information content (AvgIpc) is 2.47. The molecule has 2 aromatic rings. The first-order valence-electron chi connectivity index (χ1n) is 6.39. The first kappa shape index (κ1) is 11.8. The maximum Gasteiger partial charge on any atom is 0.194 e. The third-order valence-electron chi connectivity index (χ3n) is 3.39. The van der Waals surface area contributed by atoms with Crippen molar-refractivity contribution in [1.82, 2.24) is 0 Å². The summed E-state index contributed by atoms with van der Waals surface area (Å²) in [4.78, 5) is 12.4. The van der Waals surface area contributed by atoms with E-state index in [1.165, 1.54) is 0 Å². The summed E-state index contributed by atoms with van der Waals surface area (Å²) in [6.45, 7) is 0.685. The summed E-state index contributed by atoms with van der Waals surface area (Å²) in [5, 5.41) is 2.07. The number of rotatable bonds is 2. The molecule has 0 aromatic heterocycles. The third kappa shape index (κ3) is 2.19. The lowest BCUT2D eigenvalue weighted by Gasteiger charge is -2.14. The fourth-order valence-electron chi connectivity index (χ4n) is 2.36. The Balaban J connectivity index is 2.06. The van der Waals surface area contributed by atoms with Crippen molar-refractivity contribution < 1.29 is 9.53 Å². The number of nitrogen functional groups attached to an aromatic ring is 1. The Kier molecular flexibility index (Phi) is 2.95. The van der Waals surface area contributed by atoms with E-state index in [1.807, 2.05) is 36.4 Å². The third-order valence-corrected chi connectivity index (χ3v) is 3.39. The zero-order valence-corrected chi connectivity index (χ0v) is 10.6. The van der Waals surface area contributed by atoms with Crippen molar-refractivity contribution in [2.45, 2.75) is 12.8 Å². The predicted molar refractivity (Wildman–Crippen MR) is 76.0 cm³/mol. The Bertz CT molecular complexity index is 674. The van der Waals surface area contributed by atoms with E-state index in [0.717, 1.165) is 23.6 Å². The Labute approximate surface area is 111 Å². The number of Topliss-reactive ketones (excluding diaryl/α,β-unsaturated/α-hetero) is 1. The summed E-state index contributed by atoms with van der Waals surface area (Å²) >= 11 is 0. The first-order chi connectivity index (χ1) is 9.25. The molecule has 0 radical (unpaired) electrons. The topological polar surface area (TPSA) is 52.3 Å². The number of nitrogens with two attached hydrogens (primary N) is 1. The largest absolute Gasteiger partial charge is 0.501 e. The smallest absolute Gasteiger partial charge is 0.194 e. The lowest BCUT2D eigenvalue weighted by Crippen LogP contribution is -2.11. The summed E-state index contributed by atoms with van der Waals surface area (Å²) in [5.41, 5.74) is 7.80. The molecule has 19 heavy (non-hydrogen) atoms. The van der Waals surface area contributed by atoms with Gasteiger partial charge in [-0.15, -0.1) is 0 Å². The number of fused-ring (bicyclic) bond motifs is 1. The van der Waals surface area contributed by atoms with Crippen LogP contribution in [-0.4, -0.2) is 12.4 Å². The molecule has 3 rings (SSSR count). The maximum absolute atomic E-state index is 12.4. The van der Waals surface area contributed by atoms with Gasteiger partial charge in [0.15, 0.2) is 5.78 Å². The number of benzene rings is 2. The minimum Gasteiger partial charge on any atom is -0.501 e. The number of carbonyl (C=O) groups is 1. The highest BCUT2D eigenvalue weighted by Gasteiger charge is 2.18. The van der Waals surface area contributed by atoms with Crippen LogP contribution in [0.1, 0.15) is 23.2 Å². The normalized spacial score (nSPS) is 14.8. The van der Waals surface area contributed by atoms with Crippen molar-refractivity contribution in [1.29, 1.82) is 0 Å². The first-order valence-corrected chi connectivity index (χ1v) is 6.39. The summed E-state index contributed by atoms with van der Waals surface area (Å²) in [6.07, 6.45) is 3.20.